The molecule has 0 N–H and O–H groups in total. The third-order valence-corrected chi connectivity index (χ3v) is 6.29. The molecular weight excluding hydrogens is 422 g/mol. The van der Waals surface area contributed by atoms with E-state index in [-0.39, 0.29) is 5.91 Å². The van der Waals surface area contributed by atoms with E-state index in [9.17, 15) is 4.79 Å². The van der Waals surface area contributed by atoms with Crippen LogP contribution in [0.3, 0.4) is 0 Å². The van der Waals surface area contributed by atoms with Crippen LogP contribution in [0.15, 0.2) is 30.3 Å². The molecule has 0 saturated carbocycles. The zero-order chi connectivity index (χ0) is 23.3. The fourth-order valence-corrected chi connectivity index (χ4v) is 4.69. The molecule has 172 valence electrons. The van der Waals surface area contributed by atoms with Gasteiger partial charge in [0.15, 0.2) is 16.6 Å². The van der Waals surface area contributed by atoms with E-state index in [4.69, 9.17) is 14.5 Å². The molecule has 3 aromatic rings. The van der Waals surface area contributed by atoms with Crippen molar-refractivity contribution < 1.29 is 14.3 Å². The summed E-state index contributed by atoms with van der Waals surface area (Å²) in [5.41, 5.74) is 3.86. The summed E-state index contributed by atoms with van der Waals surface area (Å²) in [5, 5.41) is 0.726. The van der Waals surface area contributed by atoms with Gasteiger partial charge in [0.25, 0.3) is 5.91 Å². The van der Waals surface area contributed by atoms with Crippen molar-refractivity contribution in [2.75, 3.05) is 45.3 Å². The van der Waals surface area contributed by atoms with Gasteiger partial charge >= 0.3 is 0 Å². The van der Waals surface area contributed by atoms with Crippen molar-refractivity contribution in [1.82, 2.24) is 9.88 Å². The van der Waals surface area contributed by atoms with Gasteiger partial charge in [-0.15, -0.1) is 0 Å². The lowest BCUT2D eigenvalue weighted by Crippen LogP contribution is -2.33. The molecule has 0 fully saturated rings. The number of fused-ring (bicyclic) bond motifs is 1. The maximum Gasteiger partial charge on any atom is 0.260 e. The van der Waals surface area contributed by atoms with Gasteiger partial charge in [-0.05, 0) is 90.1 Å². The molecule has 1 heterocycles. The summed E-state index contributed by atoms with van der Waals surface area (Å²) in [4.78, 5) is 22.4. The van der Waals surface area contributed by atoms with Gasteiger partial charge in [0.2, 0.25) is 0 Å². The molecule has 0 radical (unpaired) electrons. The highest BCUT2D eigenvalue weighted by Crippen LogP contribution is 2.34. The summed E-state index contributed by atoms with van der Waals surface area (Å²) in [6.07, 6.45) is 0.849. The molecule has 32 heavy (non-hydrogen) atoms. The van der Waals surface area contributed by atoms with Crippen molar-refractivity contribution in [3.63, 3.8) is 0 Å². The predicted octanol–water partition coefficient (Wildman–Crippen LogP) is 5.31. The number of hydrogen-bond donors (Lipinski definition) is 0. The van der Waals surface area contributed by atoms with Crippen LogP contribution in [-0.4, -0.2) is 56.2 Å². The summed E-state index contributed by atoms with van der Waals surface area (Å²) < 4.78 is 12.5. The molecule has 0 aliphatic rings. The second-order valence-corrected chi connectivity index (χ2v) is 9.05. The molecule has 0 aliphatic carbocycles. The Balaban J connectivity index is 1.99. The first-order valence-corrected chi connectivity index (χ1v) is 11.9. The minimum atomic E-state index is -0.0822. The average Bonchev–Trinajstić information content (AvgIpc) is 3.16. The molecule has 2 aromatic carbocycles. The van der Waals surface area contributed by atoms with Crippen molar-refractivity contribution in [2.45, 2.75) is 34.1 Å². The number of thiazole rings is 1. The van der Waals surface area contributed by atoms with Crippen molar-refractivity contribution in [1.29, 1.82) is 0 Å². The van der Waals surface area contributed by atoms with E-state index < -0.39 is 0 Å². The zero-order valence-electron chi connectivity index (χ0n) is 19.9. The number of carbonyl (C=O) groups is 1. The van der Waals surface area contributed by atoms with E-state index in [0.29, 0.717) is 36.8 Å². The molecule has 0 saturated heterocycles. The molecule has 0 bridgehead atoms. The first-order chi connectivity index (χ1) is 15.3. The van der Waals surface area contributed by atoms with Crippen LogP contribution in [0.1, 0.15) is 41.8 Å². The second-order valence-electron chi connectivity index (χ2n) is 8.07. The van der Waals surface area contributed by atoms with Gasteiger partial charge in [-0.1, -0.05) is 17.4 Å². The van der Waals surface area contributed by atoms with Crippen LogP contribution in [0.2, 0.25) is 0 Å². The van der Waals surface area contributed by atoms with Crippen molar-refractivity contribution >= 4 is 32.6 Å². The lowest BCUT2D eigenvalue weighted by atomic mass is 10.1. The highest BCUT2D eigenvalue weighted by Gasteiger charge is 2.23. The van der Waals surface area contributed by atoms with Gasteiger partial charge in [0, 0.05) is 12.1 Å². The number of anilines is 1. The molecular formula is C25H33N3O3S. The minimum absolute atomic E-state index is 0.0822. The summed E-state index contributed by atoms with van der Waals surface area (Å²) in [7, 11) is 4.08. The summed E-state index contributed by atoms with van der Waals surface area (Å²) in [5.74, 6) is 1.15. The Morgan fingerprint density at radius 1 is 1.00 bits per heavy atom. The van der Waals surface area contributed by atoms with Crippen LogP contribution in [-0.2, 0) is 0 Å². The Morgan fingerprint density at radius 2 is 1.72 bits per heavy atom. The topological polar surface area (TPSA) is 54.9 Å². The Bertz CT molecular complexity index is 1080. The Hall–Kier alpha value is -2.64. The van der Waals surface area contributed by atoms with Gasteiger partial charge in [0.05, 0.1) is 23.4 Å². The lowest BCUT2D eigenvalue weighted by Gasteiger charge is -2.21. The lowest BCUT2D eigenvalue weighted by molar-refractivity contribution is 0.0985. The Morgan fingerprint density at radius 3 is 2.41 bits per heavy atom. The number of amides is 1. The highest BCUT2D eigenvalue weighted by molar-refractivity contribution is 7.22. The average molecular weight is 456 g/mol. The fourth-order valence-electron chi connectivity index (χ4n) is 3.65. The number of aryl methyl sites for hydroxylation is 2. The Labute approximate surface area is 194 Å². The van der Waals surface area contributed by atoms with Gasteiger partial charge < -0.3 is 14.4 Å². The van der Waals surface area contributed by atoms with Crippen molar-refractivity contribution in [3.8, 4) is 11.5 Å². The minimum Gasteiger partial charge on any atom is -0.490 e. The van der Waals surface area contributed by atoms with Crippen LogP contribution >= 0.6 is 11.3 Å². The SMILES string of the molecule is CCOc1ccc(C(=O)N(CCCN(C)C)c2nc3cc(C)cc(C)c3s2)cc1OCC. The largest absolute Gasteiger partial charge is 0.490 e. The summed E-state index contributed by atoms with van der Waals surface area (Å²) >= 11 is 1.57. The second kappa shape index (κ2) is 10.8. The molecule has 0 aliphatic heterocycles. The number of nitrogens with zero attached hydrogens (tertiary/aromatic N) is 3. The molecule has 1 amide bonds. The van der Waals surface area contributed by atoms with Crippen molar-refractivity contribution in [3.05, 3.63) is 47.0 Å². The maximum atomic E-state index is 13.7. The number of aromatic nitrogens is 1. The molecule has 6 nitrogen and oxygen atoms in total. The third-order valence-electron chi connectivity index (χ3n) is 5.06. The van der Waals surface area contributed by atoms with Crippen LogP contribution in [0, 0.1) is 13.8 Å². The third kappa shape index (κ3) is 5.58. The number of ether oxygens (including phenoxy) is 2. The zero-order valence-corrected chi connectivity index (χ0v) is 20.7. The van der Waals surface area contributed by atoms with Crippen LogP contribution < -0.4 is 14.4 Å². The van der Waals surface area contributed by atoms with Crippen LogP contribution in [0.4, 0.5) is 5.13 Å². The summed E-state index contributed by atoms with van der Waals surface area (Å²) in [6, 6.07) is 9.62. The number of rotatable bonds is 10. The van der Waals surface area contributed by atoms with E-state index in [2.05, 4.69) is 30.9 Å². The molecule has 0 spiro atoms. The molecule has 3 rings (SSSR count). The van der Waals surface area contributed by atoms with Gasteiger partial charge in [-0.2, -0.15) is 0 Å². The van der Waals surface area contributed by atoms with Gasteiger partial charge in [-0.25, -0.2) is 4.98 Å². The summed E-state index contributed by atoms with van der Waals surface area (Å²) in [6.45, 7) is 10.5. The first-order valence-electron chi connectivity index (χ1n) is 11.1. The van der Waals surface area contributed by atoms with E-state index in [0.717, 1.165) is 28.3 Å². The van der Waals surface area contributed by atoms with E-state index >= 15 is 0 Å². The standard InChI is InChI=1S/C25H33N3O3S/c1-7-30-21-11-10-19(16-22(21)31-8-2)24(29)28(13-9-12-27(5)6)25-26-20-15-17(3)14-18(4)23(20)32-25/h10-11,14-16H,7-9,12-13H2,1-6H3. The molecule has 0 atom stereocenters. The maximum absolute atomic E-state index is 13.7. The number of carbonyl (C=O) groups excluding carboxylic acids is 1. The van der Waals surface area contributed by atoms with Crippen LogP contribution in [0.25, 0.3) is 10.2 Å². The van der Waals surface area contributed by atoms with E-state index in [1.54, 1.807) is 28.4 Å². The normalized spacial score (nSPS) is 11.2. The number of hydrogen-bond acceptors (Lipinski definition) is 6. The molecule has 0 unspecified atom stereocenters. The van der Waals surface area contributed by atoms with Crippen molar-refractivity contribution in [2.24, 2.45) is 0 Å². The quantitative estimate of drug-likeness (QED) is 0.415. The fraction of sp³-hybridized carbons (Fsp3) is 0.440. The number of benzene rings is 2. The first kappa shape index (κ1) is 24.0. The van der Waals surface area contributed by atoms with Gasteiger partial charge in [-0.3, -0.25) is 9.69 Å². The molecule has 1 aromatic heterocycles. The molecule has 7 heteroatoms. The Kier molecular flexibility index (Phi) is 8.10. The van der Waals surface area contributed by atoms with E-state index in [1.165, 1.54) is 11.1 Å². The monoisotopic (exact) mass is 455 g/mol. The van der Waals surface area contributed by atoms with E-state index in [1.807, 2.05) is 34.0 Å². The predicted molar refractivity (Wildman–Crippen MR) is 133 cm³/mol. The van der Waals surface area contributed by atoms with Crippen LogP contribution in [0.5, 0.6) is 11.5 Å². The highest BCUT2D eigenvalue weighted by atomic mass is 32.1. The van der Waals surface area contributed by atoms with Gasteiger partial charge in [0.1, 0.15) is 0 Å². The smallest absolute Gasteiger partial charge is 0.260 e.